The summed E-state index contributed by atoms with van der Waals surface area (Å²) in [5.41, 5.74) is 6.15. The summed E-state index contributed by atoms with van der Waals surface area (Å²) in [5, 5.41) is 0.413. The number of nitrogens with zero attached hydrogens (tertiary/aromatic N) is 3. The fraction of sp³-hybridized carbons (Fsp3) is 0.433. The molecule has 10 heteroatoms. The van der Waals surface area contributed by atoms with Crippen molar-refractivity contribution in [3.8, 4) is 11.1 Å². The predicted molar refractivity (Wildman–Crippen MR) is 278 cm³/mol. The highest BCUT2D eigenvalue weighted by Crippen LogP contribution is 2.46. The van der Waals surface area contributed by atoms with Crippen LogP contribution in [0.1, 0.15) is 142 Å². The Bertz CT molecular complexity index is 2520. The number of hydrogen-bond acceptors (Lipinski definition) is 6. The van der Waals surface area contributed by atoms with E-state index in [1.807, 2.05) is 72.8 Å². The maximum atomic E-state index is 15.1. The number of ether oxygens (including phenoxy) is 2. The topological polar surface area (TPSA) is 96.5 Å². The summed E-state index contributed by atoms with van der Waals surface area (Å²) in [5.74, 6) is -1.48. The maximum absolute atomic E-state index is 15.1. The molecule has 3 aliphatic carbocycles. The second kappa shape index (κ2) is 23.3. The van der Waals surface area contributed by atoms with Crippen molar-refractivity contribution in [2.24, 2.45) is 5.92 Å². The van der Waals surface area contributed by atoms with Gasteiger partial charge < -0.3 is 19.3 Å². The first-order valence-electron chi connectivity index (χ1n) is 25.7. The van der Waals surface area contributed by atoms with E-state index >= 15 is 9.59 Å². The highest BCUT2D eigenvalue weighted by molar-refractivity contribution is 6.31. The Kier molecular flexibility index (Phi) is 16.8. The van der Waals surface area contributed by atoms with Crippen molar-refractivity contribution in [1.29, 1.82) is 0 Å². The Morgan fingerprint density at radius 2 is 1.10 bits per heavy atom. The zero-order chi connectivity index (χ0) is 49.2. The average Bonchev–Trinajstić information content (AvgIpc) is 4.01. The van der Waals surface area contributed by atoms with Crippen LogP contribution in [0.15, 0.2) is 127 Å². The molecule has 3 aliphatic rings. The van der Waals surface area contributed by atoms with Gasteiger partial charge in [-0.1, -0.05) is 197 Å². The molecule has 0 N–H and O–H groups in total. The first-order chi connectivity index (χ1) is 34.0. The second-order valence-electron chi connectivity index (χ2n) is 20.0. The van der Waals surface area contributed by atoms with E-state index in [2.05, 4.69) is 48.5 Å². The van der Waals surface area contributed by atoms with E-state index in [-0.39, 0.29) is 18.4 Å². The van der Waals surface area contributed by atoms with Crippen molar-refractivity contribution in [2.75, 3.05) is 34.8 Å². The lowest BCUT2D eigenvalue weighted by molar-refractivity contribution is -0.159. The molecule has 2 fully saturated rings. The number of rotatable bonds is 14. The van der Waals surface area contributed by atoms with Crippen LogP contribution in [0.2, 0.25) is 5.02 Å². The third-order valence-corrected chi connectivity index (χ3v) is 15.7. The second-order valence-corrected chi connectivity index (χ2v) is 20.4. The highest BCUT2D eigenvalue weighted by atomic mass is 35.5. The molecule has 0 aromatic heterocycles. The Labute approximate surface area is 420 Å². The maximum Gasteiger partial charge on any atom is 0.410 e. The van der Waals surface area contributed by atoms with Crippen molar-refractivity contribution < 1.29 is 28.7 Å². The van der Waals surface area contributed by atoms with E-state index < -0.39 is 48.0 Å². The molecule has 3 atom stereocenters. The van der Waals surface area contributed by atoms with Crippen LogP contribution in [-0.2, 0) is 29.5 Å². The molecule has 0 aliphatic heterocycles. The van der Waals surface area contributed by atoms with Crippen LogP contribution in [0, 0.1) is 5.92 Å². The largest absolute Gasteiger partial charge is 0.448 e. The molecule has 0 saturated heterocycles. The molecule has 0 bridgehead atoms. The molecule has 9 nitrogen and oxygen atoms in total. The van der Waals surface area contributed by atoms with E-state index in [0.717, 1.165) is 60.8 Å². The van der Waals surface area contributed by atoms with Gasteiger partial charge in [0, 0.05) is 55.8 Å². The third kappa shape index (κ3) is 11.0. The monoisotopic (exact) mass is 963 g/mol. The van der Waals surface area contributed by atoms with Crippen LogP contribution in [0.5, 0.6) is 0 Å². The fourth-order valence-corrected chi connectivity index (χ4v) is 11.8. The number of carbonyl (C=O) groups is 4. The van der Waals surface area contributed by atoms with Gasteiger partial charge in [-0.2, -0.15) is 0 Å². The average molecular weight is 965 g/mol. The lowest BCUT2D eigenvalue weighted by Crippen LogP contribution is -2.57. The number of esters is 1. The smallest absolute Gasteiger partial charge is 0.410 e. The molecule has 1 unspecified atom stereocenters. The Balaban J connectivity index is 1.08. The number of fused-ring (bicyclic) bond motifs is 3. The quantitative estimate of drug-likeness (QED) is 0.0812. The summed E-state index contributed by atoms with van der Waals surface area (Å²) in [6, 6.07) is 39.6. The van der Waals surface area contributed by atoms with Crippen LogP contribution < -0.4 is 0 Å². The number of benzene rings is 5. The third-order valence-electron chi connectivity index (χ3n) is 15.4. The van der Waals surface area contributed by atoms with Crippen LogP contribution in [0.25, 0.3) is 11.1 Å². The molecule has 5 aromatic carbocycles. The minimum atomic E-state index is -1.52. The minimum absolute atomic E-state index is 0.101. The minimum Gasteiger partial charge on any atom is -0.448 e. The first kappa shape index (κ1) is 50.5. The summed E-state index contributed by atoms with van der Waals surface area (Å²) in [4.78, 5) is 62.8. The van der Waals surface area contributed by atoms with Crippen molar-refractivity contribution in [3.05, 3.63) is 166 Å². The molecule has 8 rings (SSSR count). The number of carbonyl (C=O) groups excluding carboxylic acids is 4. The predicted octanol–water partition coefficient (Wildman–Crippen LogP) is 12.9. The molecular formula is C60H70ClN3O6. The van der Waals surface area contributed by atoms with E-state index in [0.29, 0.717) is 27.6 Å². The molecule has 2 saturated carbocycles. The van der Waals surface area contributed by atoms with Crippen molar-refractivity contribution >= 4 is 35.5 Å². The van der Waals surface area contributed by atoms with E-state index in [1.165, 1.54) is 71.6 Å². The van der Waals surface area contributed by atoms with Crippen LogP contribution >= 0.6 is 11.6 Å². The SMILES string of the molecule is CN(C)C(=O)[C@H](CC(=O)OC(c1ccccc1)(c1ccc(C2CCCCCCCCCC2)cc1)c1ccccc1Cl)N(C)C(=O)[C@H](C1CCCC1)N(C)C(=O)OCC1c2ccccc2-c2ccccc21. The van der Waals surface area contributed by atoms with Gasteiger partial charge in [-0.15, -0.1) is 0 Å². The fourth-order valence-electron chi connectivity index (χ4n) is 11.6. The summed E-state index contributed by atoms with van der Waals surface area (Å²) in [6.07, 6.45) is 14.6. The number of likely N-dealkylation sites (N-methyl/N-ethyl adjacent to an activating group) is 3. The number of halogens is 1. The van der Waals surface area contributed by atoms with Gasteiger partial charge in [0.05, 0.1) is 6.42 Å². The van der Waals surface area contributed by atoms with Gasteiger partial charge in [-0.25, -0.2) is 4.79 Å². The molecule has 70 heavy (non-hydrogen) atoms. The van der Waals surface area contributed by atoms with Gasteiger partial charge in [0.15, 0.2) is 5.60 Å². The number of amides is 3. The Hall–Kier alpha value is -5.93. The Morgan fingerprint density at radius 1 is 0.586 bits per heavy atom. The lowest BCUT2D eigenvalue weighted by atomic mass is 9.78. The van der Waals surface area contributed by atoms with Gasteiger partial charge in [0.1, 0.15) is 18.7 Å². The van der Waals surface area contributed by atoms with E-state index in [9.17, 15) is 9.59 Å². The van der Waals surface area contributed by atoms with Gasteiger partial charge in [0.25, 0.3) is 0 Å². The van der Waals surface area contributed by atoms with E-state index in [1.54, 1.807) is 34.3 Å². The van der Waals surface area contributed by atoms with Gasteiger partial charge in [-0.05, 0) is 71.4 Å². The summed E-state index contributed by atoms with van der Waals surface area (Å²) < 4.78 is 13.0. The first-order valence-corrected chi connectivity index (χ1v) is 26.1. The van der Waals surface area contributed by atoms with E-state index in [4.69, 9.17) is 21.1 Å². The molecule has 368 valence electrons. The van der Waals surface area contributed by atoms with Crippen molar-refractivity contribution in [1.82, 2.24) is 14.7 Å². The normalized spacial score (nSPS) is 17.4. The molecular weight excluding hydrogens is 894 g/mol. The van der Waals surface area contributed by atoms with Crippen molar-refractivity contribution in [3.63, 3.8) is 0 Å². The van der Waals surface area contributed by atoms with Gasteiger partial charge in [-0.3, -0.25) is 19.3 Å². The van der Waals surface area contributed by atoms with Crippen LogP contribution in [-0.4, -0.2) is 85.5 Å². The number of hydrogen-bond donors (Lipinski definition) is 0. The van der Waals surface area contributed by atoms with Crippen LogP contribution in [0.4, 0.5) is 4.79 Å². The zero-order valence-corrected chi connectivity index (χ0v) is 42.2. The molecule has 0 spiro atoms. The van der Waals surface area contributed by atoms with Gasteiger partial charge >= 0.3 is 12.1 Å². The molecule has 5 aromatic rings. The highest BCUT2D eigenvalue weighted by Gasteiger charge is 2.46. The Morgan fingerprint density at radius 3 is 1.69 bits per heavy atom. The molecule has 3 amide bonds. The molecule has 0 radical (unpaired) electrons. The molecule has 0 heterocycles. The standard InChI is InChI=1S/C60H70ClN3O6/c1-62(2)57(66)54(63(3)58(67)56(44-26-16-17-27-44)64(4)59(68)69-41-51-49-32-20-18-30-47(49)48-31-19-21-33-50(48)51)40-55(65)70-60(45-28-14-11-15-29-45,52-34-22-23-35-53(52)61)46-38-36-43(37-39-46)42-24-12-9-7-5-6-8-10-13-25-42/h11,14-15,18-23,28-39,42,44,51,54,56H,5-10,12-13,16-17,24-27,40-41H2,1-4H3/t54-,56-,60?/m0/s1. The zero-order valence-electron chi connectivity index (χ0n) is 41.5. The van der Waals surface area contributed by atoms with Gasteiger partial charge in [0.2, 0.25) is 11.8 Å². The van der Waals surface area contributed by atoms with Crippen molar-refractivity contribution in [2.45, 2.75) is 126 Å². The summed E-state index contributed by atoms with van der Waals surface area (Å²) in [7, 11) is 6.37. The summed E-state index contributed by atoms with van der Waals surface area (Å²) in [6.45, 7) is 0.101. The lowest BCUT2D eigenvalue weighted by Gasteiger charge is -2.38. The van der Waals surface area contributed by atoms with Crippen LogP contribution in [0.3, 0.4) is 0 Å². The summed E-state index contributed by atoms with van der Waals surface area (Å²) >= 11 is 7.12.